The second-order valence-electron chi connectivity index (χ2n) is 25.3. The molecule has 0 bridgehead atoms. The first-order chi connectivity index (χ1) is 39.0. The summed E-state index contributed by atoms with van der Waals surface area (Å²) in [5.41, 5.74) is 0. The maximum Gasteiger partial charge on any atom is 0.305 e. The number of carbonyl (C=O) groups is 2. The van der Waals surface area contributed by atoms with Crippen molar-refractivity contribution in [3.63, 3.8) is 0 Å². The van der Waals surface area contributed by atoms with E-state index in [-0.39, 0.29) is 18.5 Å². The van der Waals surface area contributed by atoms with Crippen molar-refractivity contribution in [2.24, 2.45) is 0 Å². The summed E-state index contributed by atoms with van der Waals surface area (Å²) in [6.07, 6.45) is 85.5. The molecule has 0 aromatic carbocycles. The van der Waals surface area contributed by atoms with E-state index in [0.29, 0.717) is 25.9 Å². The van der Waals surface area contributed by atoms with Gasteiger partial charge in [0.25, 0.3) is 0 Å². The highest BCUT2D eigenvalue weighted by atomic mass is 16.5. The van der Waals surface area contributed by atoms with Gasteiger partial charge in [0.1, 0.15) is 0 Å². The topological polar surface area (TPSA) is 95.9 Å². The number of nitrogens with one attached hydrogen (secondary N) is 1. The van der Waals surface area contributed by atoms with Gasteiger partial charge in [0, 0.05) is 12.8 Å². The van der Waals surface area contributed by atoms with E-state index in [1.54, 1.807) is 0 Å². The summed E-state index contributed by atoms with van der Waals surface area (Å²) in [5, 5.41) is 23.4. The fourth-order valence-electron chi connectivity index (χ4n) is 11.8. The zero-order valence-corrected chi connectivity index (χ0v) is 53.9. The standard InChI is InChI=1S/C73H143NO5/c1-3-5-7-9-11-13-15-17-19-21-23-26-30-33-37-41-45-49-53-57-61-65-71(76)70(69-75)74-72(77)66-62-58-54-50-46-42-38-34-31-27-24-25-28-32-36-40-44-48-52-56-60-64-68-79-73(78)67-63-59-55-51-47-43-39-35-29-22-20-18-16-14-12-10-8-6-4-2/h27,31,70-71,75-76H,3-26,28-30,32-69H2,1-2H3,(H,74,77)/b31-27-. The number of carbonyl (C=O) groups excluding carboxylic acids is 2. The molecule has 0 aromatic rings. The van der Waals surface area contributed by atoms with Crippen LogP contribution >= 0.6 is 0 Å². The fourth-order valence-corrected chi connectivity index (χ4v) is 11.8. The minimum Gasteiger partial charge on any atom is -0.466 e. The Morgan fingerprint density at radius 2 is 0.595 bits per heavy atom. The molecule has 0 saturated heterocycles. The van der Waals surface area contributed by atoms with Crippen LogP contribution in [0.15, 0.2) is 12.2 Å². The van der Waals surface area contributed by atoms with E-state index in [4.69, 9.17) is 4.74 Å². The predicted molar refractivity (Wildman–Crippen MR) is 347 cm³/mol. The van der Waals surface area contributed by atoms with Crippen molar-refractivity contribution in [2.45, 2.75) is 431 Å². The van der Waals surface area contributed by atoms with Crippen LogP contribution in [-0.2, 0) is 14.3 Å². The molecule has 3 N–H and O–H groups in total. The molecule has 2 atom stereocenters. The first kappa shape index (κ1) is 77.6. The molecule has 0 rings (SSSR count). The number of allylic oxidation sites excluding steroid dienone is 2. The molecule has 6 nitrogen and oxygen atoms in total. The number of aliphatic hydroxyl groups is 2. The van der Waals surface area contributed by atoms with E-state index in [1.807, 2.05) is 0 Å². The predicted octanol–water partition coefficient (Wildman–Crippen LogP) is 23.5. The Labute approximate surface area is 495 Å². The van der Waals surface area contributed by atoms with Gasteiger partial charge < -0.3 is 20.3 Å². The molecule has 0 aliphatic carbocycles. The van der Waals surface area contributed by atoms with Crippen LogP contribution in [0, 0.1) is 0 Å². The first-order valence-corrected chi connectivity index (χ1v) is 36.4. The van der Waals surface area contributed by atoms with Crippen molar-refractivity contribution in [1.82, 2.24) is 5.32 Å². The van der Waals surface area contributed by atoms with Gasteiger partial charge in [-0.1, -0.05) is 366 Å². The lowest BCUT2D eigenvalue weighted by Gasteiger charge is -2.22. The summed E-state index contributed by atoms with van der Waals surface area (Å²) < 4.78 is 5.51. The van der Waals surface area contributed by atoms with Crippen molar-refractivity contribution >= 4 is 11.9 Å². The Kier molecular flexibility index (Phi) is 67.9. The Balaban J connectivity index is 3.39. The Hall–Kier alpha value is -1.40. The molecule has 0 fully saturated rings. The van der Waals surface area contributed by atoms with Gasteiger partial charge in [-0.15, -0.1) is 0 Å². The quantitative estimate of drug-likeness (QED) is 0.0320. The molecule has 2 unspecified atom stereocenters. The second-order valence-corrected chi connectivity index (χ2v) is 25.3. The number of aliphatic hydroxyl groups excluding tert-OH is 2. The third kappa shape index (κ3) is 65.6. The minimum absolute atomic E-state index is 0.0161. The van der Waals surface area contributed by atoms with Crippen molar-refractivity contribution in [1.29, 1.82) is 0 Å². The fraction of sp³-hybridized carbons (Fsp3) is 0.945. The van der Waals surface area contributed by atoms with Crippen LogP contribution in [0.1, 0.15) is 418 Å². The maximum absolute atomic E-state index is 12.5. The van der Waals surface area contributed by atoms with Gasteiger partial charge in [0.2, 0.25) is 5.91 Å². The lowest BCUT2D eigenvalue weighted by atomic mass is 10.0. The lowest BCUT2D eigenvalue weighted by Crippen LogP contribution is -2.45. The van der Waals surface area contributed by atoms with Gasteiger partial charge in [-0.25, -0.2) is 0 Å². The van der Waals surface area contributed by atoms with Crippen LogP contribution < -0.4 is 5.32 Å². The van der Waals surface area contributed by atoms with Gasteiger partial charge in [0.05, 0.1) is 25.4 Å². The molecule has 470 valence electrons. The summed E-state index contributed by atoms with van der Waals surface area (Å²) in [5.74, 6) is -0.0209. The van der Waals surface area contributed by atoms with Gasteiger partial charge in [-0.3, -0.25) is 9.59 Å². The molecule has 79 heavy (non-hydrogen) atoms. The lowest BCUT2D eigenvalue weighted by molar-refractivity contribution is -0.143. The SMILES string of the molecule is CCCCCCCCCCCCCCCCCCCCCCCC(O)C(CO)NC(=O)CCCCCCCCC/C=C\CCCCCCCCCCCCCOC(=O)CCCCCCCCCCCCCCCCCCCCC. The largest absolute Gasteiger partial charge is 0.466 e. The van der Waals surface area contributed by atoms with Gasteiger partial charge in [0.15, 0.2) is 0 Å². The average molecular weight is 1110 g/mol. The monoisotopic (exact) mass is 1110 g/mol. The van der Waals surface area contributed by atoms with E-state index in [0.717, 1.165) is 38.5 Å². The van der Waals surface area contributed by atoms with E-state index < -0.39 is 12.1 Å². The zero-order valence-electron chi connectivity index (χ0n) is 53.9. The molecule has 0 aliphatic heterocycles. The minimum atomic E-state index is -0.669. The van der Waals surface area contributed by atoms with Crippen LogP contribution in [0.3, 0.4) is 0 Å². The van der Waals surface area contributed by atoms with Crippen molar-refractivity contribution in [3.05, 3.63) is 12.2 Å². The van der Waals surface area contributed by atoms with Crippen LogP contribution in [-0.4, -0.2) is 47.4 Å². The number of unbranched alkanes of at least 4 members (excludes halogenated alkanes) is 56. The smallest absolute Gasteiger partial charge is 0.305 e. The van der Waals surface area contributed by atoms with Crippen LogP contribution in [0.2, 0.25) is 0 Å². The van der Waals surface area contributed by atoms with Gasteiger partial charge >= 0.3 is 5.97 Å². The van der Waals surface area contributed by atoms with E-state index in [1.165, 1.54) is 347 Å². The normalized spacial score (nSPS) is 12.5. The van der Waals surface area contributed by atoms with Crippen LogP contribution in [0.25, 0.3) is 0 Å². The molecule has 0 aliphatic rings. The number of hydrogen-bond donors (Lipinski definition) is 3. The maximum atomic E-state index is 12.5. The third-order valence-corrected chi connectivity index (χ3v) is 17.3. The van der Waals surface area contributed by atoms with Crippen LogP contribution in [0.5, 0.6) is 0 Å². The summed E-state index contributed by atoms with van der Waals surface area (Å²) in [6.45, 7) is 5.00. The highest BCUT2D eigenvalue weighted by molar-refractivity contribution is 5.76. The number of hydrogen-bond acceptors (Lipinski definition) is 5. The van der Waals surface area contributed by atoms with Crippen molar-refractivity contribution < 1.29 is 24.5 Å². The highest BCUT2D eigenvalue weighted by Crippen LogP contribution is 2.19. The number of esters is 1. The summed E-state index contributed by atoms with van der Waals surface area (Å²) in [6, 6.07) is -0.547. The molecule has 0 heterocycles. The Morgan fingerprint density at radius 1 is 0.342 bits per heavy atom. The van der Waals surface area contributed by atoms with Gasteiger partial charge in [-0.2, -0.15) is 0 Å². The Bertz CT molecular complexity index is 1190. The first-order valence-electron chi connectivity index (χ1n) is 36.4. The molecular weight excluding hydrogens is 971 g/mol. The second kappa shape index (κ2) is 69.1. The van der Waals surface area contributed by atoms with Crippen molar-refractivity contribution in [3.8, 4) is 0 Å². The van der Waals surface area contributed by atoms with E-state index >= 15 is 0 Å². The molecule has 0 saturated carbocycles. The number of ether oxygens (including phenoxy) is 1. The summed E-state index contributed by atoms with van der Waals surface area (Å²) in [4.78, 5) is 24.7. The summed E-state index contributed by atoms with van der Waals surface area (Å²) in [7, 11) is 0. The van der Waals surface area contributed by atoms with Gasteiger partial charge in [-0.05, 0) is 51.4 Å². The molecule has 1 amide bonds. The van der Waals surface area contributed by atoms with Crippen LogP contribution in [0.4, 0.5) is 0 Å². The van der Waals surface area contributed by atoms with Crippen molar-refractivity contribution in [2.75, 3.05) is 13.2 Å². The Morgan fingerprint density at radius 3 is 0.899 bits per heavy atom. The molecule has 6 heteroatoms. The summed E-state index contributed by atoms with van der Waals surface area (Å²) >= 11 is 0. The highest BCUT2D eigenvalue weighted by Gasteiger charge is 2.20. The zero-order chi connectivity index (χ0) is 57.1. The average Bonchev–Trinajstić information content (AvgIpc) is 3.45. The van der Waals surface area contributed by atoms with E-state index in [2.05, 4.69) is 31.3 Å². The molecule has 0 aromatic heterocycles. The number of rotatable bonds is 69. The molecule has 0 radical (unpaired) electrons. The molecule has 0 spiro atoms. The van der Waals surface area contributed by atoms with E-state index in [9.17, 15) is 19.8 Å². The third-order valence-electron chi connectivity index (χ3n) is 17.3. The molecular formula is C73H143NO5. The number of amides is 1.